The summed E-state index contributed by atoms with van der Waals surface area (Å²) in [4.78, 5) is 0. The fraction of sp³-hybridized carbons (Fsp3) is 0.0741. The van der Waals surface area contributed by atoms with Gasteiger partial charge in [0.05, 0.1) is 0 Å². The lowest BCUT2D eigenvalue weighted by Gasteiger charge is -2.32. The van der Waals surface area contributed by atoms with Gasteiger partial charge in [-0.3, -0.25) is 5.43 Å². The summed E-state index contributed by atoms with van der Waals surface area (Å²) in [6, 6.07) is 42.9. The van der Waals surface area contributed by atoms with E-state index in [-0.39, 0.29) is 0 Å². The highest BCUT2D eigenvalue weighted by Gasteiger charge is 2.23. The normalized spacial score (nSPS) is 11.1. The summed E-state index contributed by atoms with van der Waals surface area (Å²) >= 11 is 5.28. The van der Waals surface area contributed by atoms with Crippen LogP contribution in [0, 0.1) is 0 Å². The quantitative estimate of drug-likeness (QED) is 0.211. The van der Waals surface area contributed by atoms with Crippen LogP contribution in [0.4, 0.5) is 0 Å². The third-order valence-electron chi connectivity index (χ3n) is 5.16. The third kappa shape index (κ3) is 6.69. The molecular formula is C27H27N3P2S. The fourth-order valence-electron chi connectivity index (χ4n) is 3.67. The minimum absolute atomic E-state index is 0.294. The number of nitrogens with one attached hydrogen (secondary N) is 1. The van der Waals surface area contributed by atoms with Crippen molar-refractivity contribution in [1.82, 2.24) is 10.4 Å². The van der Waals surface area contributed by atoms with Crippen LogP contribution in [0.25, 0.3) is 0 Å². The molecule has 4 aromatic carbocycles. The van der Waals surface area contributed by atoms with E-state index in [1.165, 1.54) is 21.2 Å². The number of thiocarbonyl (C=S) groups is 1. The van der Waals surface area contributed by atoms with E-state index < -0.39 is 15.8 Å². The third-order valence-corrected chi connectivity index (χ3v) is 10.2. The van der Waals surface area contributed by atoms with Crippen LogP contribution in [0.5, 0.6) is 0 Å². The molecule has 166 valence electrons. The Bertz CT molecular complexity index is 965. The zero-order valence-electron chi connectivity index (χ0n) is 18.3. The van der Waals surface area contributed by atoms with Crippen molar-refractivity contribution in [3.8, 4) is 0 Å². The lowest BCUT2D eigenvalue weighted by Crippen LogP contribution is -2.47. The van der Waals surface area contributed by atoms with Crippen molar-refractivity contribution in [2.24, 2.45) is 5.73 Å². The Hall–Kier alpha value is -2.61. The summed E-state index contributed by atoms with van der Waals surface area (Å²) in [7, 11) is -1.26. The number of nitrogens with zero attached hydrogens (tertiary/aromatic N) is 1. The van der Waals surface area contributed by atoms with E-state index in [1.807, 2.05) is 0 Å². The molecule has 0 atom stereocenters. The Labute approximate surface area is 204 Å². The zero-order chi connectivity index (χ0) is 22.9. The Balaban J connectivity index is 1.68. The highest BCUT2D eigenvalue weighted by Crippen LogP contribution is 2.38. The summed E-state index contributed by atoms with van der Waals surface area (Å²) in [5.41, 5.74) is 9.29. The van der Waals surface area contributed by atoms with Crippen molar-refractivity contribution in [1.29, 1.82) is 0 Å². The van der Waals surface area contributed by atoms with Crippen LogP contribution < -0.4 is 32.4 Å². The van der Waals surface area contributed by atoms with Crippen molar-refractivity contribution in [2.75, 3.05) is 12.6 Å². The van der Waals surface area contributed by atoms with E-state index in [9.17, 15) is 0 Å². The molecule has 0 amide bonds. The summed E-state index contributed by atoms with van der Waals surface area (Å²) in [6.45, 7) is 0. The molecule has 0 aliphatic carbocycles. The van der Waals surface area contributed by atoms with E-state index in [4.69, 9.17) is 18.0 Å². The van der Waals surface area contributed by atoms with Gasteiger partial charge in [-0.2, -0.15) is 0 Å². The molecule has 0 aromatic heterocycles. The molecule has 4 aromatic rings. The molecular weight excluding hydrogens is 460 g/mol. The van der Waals surface area contributed by atoms with Gasteiger partial charge in [-0.1, -0.05) is 121 Å². The van der Waals surface area contributed by atoms with E-state index in [0.717, 1.165) is 12.6 Å². The van der Waals surface area contributed by atoms with Crippen molar-refractivity contribution >= 4 is 54.4 Å². The lowest BCUT2D eigenvalue weighted by atomic mass is 10.4. The van der Waals surface area contributed by atoms with E-state index in [1.54, 1.807) is 0 Å². The van der Waals surface area contributed by atoms with Gasteiger partial charge in [0.2, 0.25) is 0 Å². The van der Waals surface area contributed by atoms with Crippen LogP contribution in [0.15, 0.2) is 121 Å². The average Bonchev–Trinajstić information content (AvgIpc) is 2.87. The highest BCUT2D eigenvalue weighted by atomic mass is 32.1. The lowest BCUT2D eigenvalue weighted by molar-refractivity contribution is 0.329. The molecule has 33 heavy (non-hydrogen) atoms. The van der Waals surface area contributed by atoms with Crippen LogP contribution >= 0.6 is 28.1 Å². The number of benzene rings is 4. The van der Waals surface area contributed by atoms with Crippen LogP contribution in [-0.2, 0) is 0 Å². The van der Waals surface area contributed by atoms with Gasteiger partial charge in [0.25, 0.3) is 0 Å². The Kier molecular flexibility index (Phi) is 8.58. The first-order valence-electron chi connectivity index (χ1n) is 10.8. The predicted octanol–water partition coefficient (Wildman–Crippen LogP) is 4.22. The molecule has 0 saturated heterocycles. The van der Waals surface area contributed by atoms with Gasteiger partial charge in [-0.25, -0.2) is 5.01 Å². The second kappa shape index (κ2) is 12.0. The van der Waals surface area contributed by atoms with Gasteiger partial charge in [-0.05, 0) is 49.3 Å². The molecule has 0 aliphatic heterocycles. The molecule has 0 saturated carbocycles. The topological polar surface area (TPSA) is 41.3 Å². The van der Waals surface area contributed by atoms with Gasteiger partial charge in [0, 0.05) is 12.6 Å². The van der Waals surface area contributed by atoms with Crippen LogP contribution in [0.3, 0.4) is 0 Å². The van der Waals surface area contributed by atoms with Gasteiger partial charge >= 0.3 is 0 Å². The second-order valence-electron chi connectivity index (χ2n) is 7.50. The van der Waals surface area contributed by atoms with Crippen molar-refractivity contribution in [3.05, 3.63) is 121 Å². The van der Waals surface area contributed by atoms with E-state index >= 15 is 0 Å². The first kappa shape index (κ1) is 23.5. The smallest absolute Gasteiger partial charge is 0.178 e. The monoisotopic (exact) mass is 487 g/mol. The standard InChI is InChI=1S/C27H27N3P2S/c28-27(33)29-30(21-31(23-13-5-1-6-14-23)24-15-7-2-8-16-24)22-32(25-17-9-3-10-18-25)26-19-11-4-12-20-26/h1-20H,21-22H2,(H3,28,29,33). The first-order valence-corrected chi connectivity index (χ1v) is 14.2. The van der Waals surface area contributed by atoms with E-state index in [0.29, 0.717) is 5.11 Å². The molecule has 4 rings (SSSR count). The molecule has 0 spiro atoms. The second-order valence-corrected chi connectivity index (χ2v) is 12.3. The van der Waals surface area contributed by atoms with Gasteiger partial charge in [0.1, 0.15) is 0 Å². The largest absolute Gasteiger partial charge is 0.375 e. The number of hydrogen-bond donors (Lipinski definition) is 2. The summed E-state index contributed by atoms with van der Waals surface area (Å²) in [6.07, 6.45) is 1.61. The average molecular weight is 488 g/mol. The number of hydrogen-bond acceptors (Lipinski definition) is 2. The van der Waals surface area contributed by atoms with E-state index in [2.05, 4.69) is 132 Å². The van der Waals surface area contributed by atoms with Gasteiger partial charge < -0.3 is 5.73 Å². The van der Waals surface area contributed by atoms with Crippen molar-refractivity contribution in [2.45, 2.75) is 0 Å². The molecule has 0 aliphatic rings. The molecule has 0 heterocycles. The molecule has 6 heteroatoms. The Morgan fingerprint density at radius 3 is 1.09 bits per heavy atom. The minimum Gasteiger partial charge on any atom is -0.375 e. The number of hydrazine groups is 1. The summed E-state index contributed by atoms with van der Waals surface area (Å²) in [5.74, 6) is 0. The Morgan fingerprint density at radius 2 is 0.848 bits per heavy atom. The SMILES string of the molecule is NC(=S)NN(CP(c1ccccc1)c1ccccc1)CP(c1ccccc1)c1ccccc1. The minimum atomic E-state index is -0.631. The molecule has 3 N–H and O–H groups in total. The van der Waals surface area contributed by atoms with Crippen molar-refractivity contribution in [3.63, 3.8) is 0 Å². The zero-order valence-corrected chi connectivity index (χ0v) is 20.9. The number of nitrogens with two attached hydrogens (primary N) is 1. The van der Waals surface area contributed by atoms with Crippen molar-refractivity contribution < 1.29 is 0 Å². The summed E-state index contributed by atoms with van der Waals surface area (Å²) < 4.78 is 0. The maximum atomic E-state index is 5.99. The van der Waals surface area contributed by atoms with Crippen LogP contribution in [-0.4, -0.2) is 22.7 Å². The first-order chi connectivity index (χ1) is 16.2. The molecule has 0 bridgehead atoms. The van der Waals surface area contributed by atoms with Crippen LogP contribution in [0.1, 0.15) is 0 Å². The van der Waals surface area contributed by atoms with Crippen LogP contribution in [0.2, 0.25) is 0 Å². The Morgan fingerprint density at radius 1 is 0.576 bits per heavy atom. The maximum absolute atomic E-state index is 5.99. The van der Waals surface area contributed by atoms with Gasteiger partial charge in [0.15, 0.2) is 5.11 Å². The molecule has 3 nitrogen and oxygen atoms in total. The molecule has 0 unspecified atom stereocenters. The highest BCUT2D eigenvalue weighted by molar-refractivity contribution is 7.80. The molecule has 0 fully saturated rings. The molecule has 0 radical (unpaired) electrons. The fourth-order valence-corrected chi connectivity index (χ4v) is 8.36. The number of rotatable bonds is 9. The van der Waals surface area contributed by atoms with Gasteiger partial charge in [-0.15, -0.1) is 0 Å². The summed E-state index contributed by atoms with van der Waals surface area (Å²) in [5, 5.41) is 7.84. The maximum Gasteiger partial charge on any atom is 0.178 e. The predicted molar refractivity (Wildman–Crippen MR) is 150 cm³/mol.